The maximum Gasteiger partial charge on any atom is 0.231 e. The first kappa shape index (κ1) is 12.0. The van der Waals surface area contributed by atoms with Gasteiger partial charge in [-0.1, -0.05) is 0 Å². The number of rotatable bonds is 1. The van der Waals surface area contributed by atoms with Crippen LogP contribution in [0, 0.1) is 5.92 Å². The molecule has 2 aliphatic rings. The molecular formula is C12H16N4OS. The van der Waals surface area contributed by atoms with E-state index in [1.807, 2.05) is 24.5 Å². The van der Waals surface area contributed by atoms with Crippen molar-refractivity contribution in [1.82, 2.24) is 21.2 Å². The summed E-state index contributed by atoms with van der Waals surface area (Å²) in [7, 11) is 0. The van der Waals surface area contributed by atoms with Gasteiger partial charge in [0.2, 0.25) is 5.91 Å². The van der Waals surface area contributed by atoms with Gasteiger partial charge in [-0.2, -0.15) is 0 Å². The minimum absolute atomic E-state index is 0.000616. The maximum atomic E-state index is 11.7. The summed E-state index contributed by atoms with van der Waals surface area (Å²) >= 11 is 1.71. The molecule has 2 aliphatic heterocycles. The third-order valence-corrected chi connectivity index (χ3v) is 4.90. The second-order valence-electron chi connectivity index (χ2n) is 4.71. The molecule has 4 unspecified atom stereocenters. The highest BCUT2D eigenvalue weighted by atomic mass is 32.2. The lowest BCUT2D eigenvalue weighted by molar-refractivity contribution is -0.119. The lowest BCUT2D eigenvalue weighted by Gasteiger charge is -2.26. The molecule has 3 N–H and O–H groups in total. The minimum atomic E-state index is 0.000616. The van der Waals surface area contributed by atoms with Gasteiger partial charge in [-0.25, -0.2) is 5.43 Å². The summed E-state index contributed by atoms with van der Waals surface area (Å²) in [6.45, 7) is 2.14. The standard InChI is InChI=1S/C12H16N4OS/c1-7-10-11(8-2-4-13-5-3-8)18-6-9(17)14-12(10)16-15-7/h2-5,7,10-12,15-16H,6H2,1H3,(H,14,17). The van der Waals surface area contributed by atoms with Crippen LogP contribution in [0.15, 0.2) is 24.5 Å². The average molecular weight is 264 g/mol. The van der Waals surface area contributed by atoms with E-state index < -0.39 is 0 Å². The quantitative estimate of drug-likeness (QED) is 0.686. The van der Waals surface area contributed by atoms with Gasteiger partial charge in [0, 0.05) is 29.6 Å². The molecule has 0 aliphatic carbocycles. The second kappa shape index (κ2) is 4.87. The molecule has 0 saturated carbocycles. The highest BCUT2D eigenvalue weighted by Crippen LogP contribution is 2.41. The summed E-state index contributed by atoms with van der Waals surface area (Å²) in [4.78, 5) is 15.8. The fourth-order valence-corrected chi connectivity index (χ4v) is 4.01. The number of pyridine rings is 1. The first-order chi connectivity index (χ1) is 8.75. The number of hydrogen-bond donors (Lipinski definition) is 3. The fraction of sp³-hybridized carbons (Fsp3) is 0.500. The summed E-state index contributed by atoms with van der Waals surface area (Å²) in [5.74, 6) is 0.938. The van der Waals surface area contributed by atoms with Gasteiger partial charge in [0.1, 0.15) is 0 Å². The van der Waals surface area contributed by atoms with Crippen molar-refractivity contribution in [3.63, 3.8) is 0 Å². The first-order valence-corrected chi connectivity index (χ1v) is 7.12. The number of hydrogen-bond acceptors (Lipinski definition) is 5. The van der Waals surface area contributed by atoms with Crippen molar-refractivity contribution in [2.45, 2.75) is 24.4 Å². The second-order valence-corrected chi connectivity index (χ2v) is 5.84. The molecule has 0 spiro atoms. The van der Waals surface area contributed by atoms with Crippen molar-refractivity contribution < 1.29 is 4.79 Å². The van der Waals surface area contributed by atoms with Crippen LogP contribution in [-0.2, 0) is 4.79 Å². The Kier molecular flexibility index (Phi) is 3.23. The lowest BCUT2D eigenvalue weighted by atomic mass is 9.92. The Morgan fingerprint density at radius 2 is 2.11 bits per heavy atom. The minimum Gasteiger partial charge on any atom is -0.338 e. The van der Waals surface area contributed by atoms with Gasteiger partial charge in [-0.05, 0) is 24.6 Å². The Hall–Kier alpha value is -1.11. The van der Waals surface area contributed by atoms with E-state index in [4.69, 9.17) is 0 Å². The first-order valence-electron chi connectivity index (χ1n) is 6.07. The van der Waals surface area contributed by atoms with E-state index in [-0.39, 0.29) is 12.1 Å². The number of amides is 1. The molecule has 3 heterocycles. The molecule has 0 bridgehead atoms. The van der Waals surface area contributed by atoms with Crippen LogP contribution in [0.25, 0.3) is 0 Å². The zero-order chi connectivity index (χ0) is 12.5. The predicted octanol–water partition coefficient (Wildman–Crippen LogP) is 0.424. The van der Waals surface area contributed by atoms with Crippen LogP contribution in [0.4, 0.5) is 0 Å². The third kappa shape index (κ3) is 2.11. The number of thioether (sulfide) groups is 1. The number of hydrazine groups is 1. The monoisotopic (exact) mass is 264 g/mol. The van der Waals surface area contributed by atoms with Gasteiger partial charge in [0.05, 0.1) is 11.9 Å². The summed E-state index contributed by atoms with van der Waals surface area (Å²) in [6, 6.07) is 4.39. The Bertz CT molecular complexity index is 441. The van der Waals surface area contributed by atoms with Crippen LogP contribution in [0.3, 0.4) is 0 Å². The molecule has 1 aromatic heterocycles. The molecule has 0 aromatic carbocycles. The van der Waals surface area contributed by atoms with Crippen LogP contribution >= 0.6 is 11.8 Å². The van der Waals surface area contributed by atoms with Gasteiger partial charge in [0.15, 0.2) is 0 Å². The molecule has 96 valence electrons. The largest absolute Gasteiger partial charge is 0.338 e. The van der Waals surface area contributed by atoms with E-state index >= 15 is 0 Å². The van der Waals surface area contributed by atoms with Gasteiger partial charge in [-0.3, -0.25) is 15.2 Å². The van der Waals surface area contributed by atoms with Crippen molar-refractivity contribution in [3.8, 4) is 0 Å². The van der Waals surface area contributed by atoms with E-state index in [1.54, 1.807) is 11.8 Å². The normalized spacial score (nSPS) is 35.7. The molecule has 5 nitrogen and oxygen atoms in total. The summed E-state index contributed by atoms with van der Waals surface area (Å²) in [5.41, 5.74) is 7.62. The fourth-order valence-electron chi connectivity index (χ4n) is 2.63. The highest BCUT2D eigenvalue weighted by Gasteiger charge is 2.42. The molecule has 2 fully saturated rings. The van der Waals surface area contributed by atoms with Crippen LogP contribution < -0.4 is 16.2 Å². The van der Waals surface area contributed by atoms with E-state index in [0.717, 1.165) is 0 Å². The molecule has 18 heavy (non-hydrogen) atoms. The summed E-state index contributed by atoms with van der Waals surface area (Å²) in [6.07, 6.45) is 3.62. The van der Waals surface area contributed by atoms with Crippen LogP contribution in [0.1, 0.15) is 17.7 Å². The van der Waals surface area contributed by atoms with Crippen molar-refractivity contribution >= 4 is 17.7 Å². The SMILES string of the molecule is CC1NNC2NC(=O)CSC(c3ccncc3)C12. The Morgan fingerprint density at radius 3 is 2.89 bits per heavy atom. The van der Waals surface area contributed by atoms with Crippen LogP contribution in [0.2, 0.25) is 0 Å². The smallest absolute Gasteiger partial charge is 0.231 e. The Morgan fingerprint density at radius 1 is 1.33 bits per heavy atom. The van der Waals surface area contributed by atoms with Crippen LogP contribution in [0.5, 0.6) is 0 Å². The van der Waals surface area contributed by atoms with Crippen molar-refractivity contribution in [2.24, 2.45) is 5.92 Å². The maximum absolute atomic E-state index is 11.7. The zero-order valence-corrected chi connectivity index (χ0v) is 10.9. The number of nitrogens with zero attached hydrogens (tertiary/aromatic N) is 1. The lowest BCUT2D eigenvalue weighted by Crippen LogP contribution is -2.46. The Labute approximate surface area is 110 Å². The topological polar surface area (TPSA) is 66.0 Å². The summed E-state index contributed by atoms with van der Waals surface area (Å²) < 4.78 is 0. The molecular weight excluding hydrogens is 248 g/mol. The van der Waals surface area contributed by atoms with Crippen molar-refractivity contribution in [1.29, 1.82) is 0 Å². The molecule has 1 amide bonds. The molecule has 1 aromatic rings. The van der Waals surface area contributed by atoms with Crippen molar-refractivity contribution in [3.05, 3.63) is 30.1 Å². The number of aromatic nitrogens is 1. The number of nitrogens with one attached hydrogen (secondary N) is 3. The van der Waals surface area contributed by atoms with Crippen LogP contribution in [-0.4, -0.2) is 28.9 Å². The molecule has 4 atom stereocenters. The van der Waals surface area contributed by atoms with E-state index in [1.165, 1.54) is 5.56 Å². The van der Waals surface area contributed by atoms with E-state index in [2.05, 4.69) is 28.1 Å². The van der Waals surface area contributed by atoms with E-state index in [9.17, 15) is 4.79 Å². The molecule has 3 rings (SSSR count). The molecule has 6 heteroatoms. The summed E-state index contributed by atoms with van der Waals surface area (Å²) in [5, 5.41) is 3.32. The Balaban J connectivity index is 1.93. The van der Waals surface area contributed by atoms with E-state index in [0.29, 0.717) is 23.0 Å². The molecule has 2 saturated heterocycles. The highest BCUT2D eigenvalue weighted by molar-refractivity contribution is 8.00. The third-order valence-electron chi connectivity index (χ3n) is 3.52. The van der Waals surface area contributed by atoms with Gasteiger partial charge < -0.3 is 5.32 Å². The van der Waals surface area contributed by atoms with Gasteiger partial charge in [0.25, 0.3) is 0 Å². The van der Waals surface area contributed by atoms with Gasteiger partial charge >= 0.3 is 0 Å². The van der Waals surface area contributed by atoms with Crippen molar-refractivity contribution in [2.75, 3.05) is 5.75 Å². The number of carbonyl (C=O) groups is 1. The number of fused-ring (bicyclic) bond motifs is 1. The number of carbonyl (C=O) groups excluding carboxylic acids is 1. The predicted molar refractivity (Wildman–Crippen MR) is 70.6 cm³/mol. The molecule has 0 radical (unpaired) electrons. The average Bonchev–Trinajstić information content (AvgIpc) is 2.65. The zero-order valence-electron chi connectivity index (χ0n) is 10.1. The van der Waals surface area contributed by atoms with Gasteiger partial charge in [-0.15, -0.1) is 11.8 Å².